The van der Waals surface area contributed by atoms with E-state index in [-0.39, 0.29) is 5.97 Å². The molecule has 3 heteroatoms. The van der Waals surface area contributed by atoms with E-state index in [2.05, 4.69) is 0 Å². The van der Waals surface area contributed by atoms with Gasteiger partial charge >= 0.3 is 5.97 Å². The van der Waals surface area contributed by atoms with Crippen molar-refractivity contribution >= 4 is 5.97 Å². The van der Waals surface area contributed by atoms with Gasteiger partial charge in [-0.3, -0.25) is 0 Å². The highest BCUT2D eigenvalue weighted by molar-refractivity contribution is 5.92. The molecule has 3 nitrogen and oxygen atoms in total. The SMILES string of the molecule is C/C=C\C(C(=O)OCC)=C(/C)OC.CC. The number of rotatable bonds is 4. The molecule has 0 heterocycles. The average molecular weight is 214 g/mol. The summed E-state index contributed by atoms with van der Waals surface area (Å²) in [5.41, 5.74) is 0.465. The Morgan fingerprint density at radius 2 is 1.87 bits per heavy atom. The van der Waals surface area contributed by atoms with E-state index in [0.29, 0.717) is 17.9 Å². The van der Waals surface area contributed by atoms with E-state index < -0.39 is 0 Å². The molecule has 0 N–H and O–H groups in total. The minimum Gasteiger partial charge on any atom is -0.501 e. The zero-order chi connectivity index (χ0) is 12.3. The molecule has 0 fully saturated rings. The summed E-state index contributed by atoms with van der Waals surface area (Å²) in [5.74, 6) is 0.219. The second-order valence-corrected chi connectivity index (χ2v) is 2.39. The zero-order valence-corrected chi connectivity index (χ0v) is 10.6. The molecule has 15 heavy (non-hydrogen) atoms. The number of allylic oxidation sites excluding steroid dienone is 2. The maximum absolute atomic E-state index is 11.3. The first-order valence-corrected chi connectivity index (χ1v) is 5.22. The van der Waals surface area contributed by atoms with E-state index >= 15 is 0 Å². The summed E-state index contributed by atoms with van der Waals surface area (Å²) in [6.45, 7) is 9.71. The standard InChI is InChI=1S/C10H16O3.C2H6/c1-5-7-9(8(3)12-4)10(11)13-6-2;1-2/h5,7H,6H2,1-4H3;1-2H3/b7-5-,9-8-;. The van der Waals surface area contributed by atoms with Crippen LogP contribution in [0.15, 0.2) is 23.5 Å². The van der Waals surface area contributed by atoms with Crippen LogP contribution in [0.4, 0.5) is 0 Å². The second kappa shape index (κ2) is 10.8. The topological polar surface area (TPSA) is 35.5 Å². The Labute approximate surface area is 92.8 Å². The van der Waals surface area contributed by atoms with Crippen LogP contribution in [0.3, 0.4) is 0 Å². The van der Waals surface area contributed by atoms with Crippen LogP contribution in [0.5, 0.6) is 0 Å². The highest BCUT2D eigenvalue weighted by Gasteiger charge is 2.10. The van der Waals surface area contributed by atoms with Crippen LogP contribution in [-0.2, 0) is 14.3 Å². The lowest BCUT2D eigenvalue weighted by Gasteiger charge is -2.06. The minimum atomic E-state index is -0.347. The van der Waals surface area contributed by atoms with Gasteiger partial charge in [0.1, 0.15) is 5.76 Å². The Kier molecular flexibility index (Phi) is 11.7. The van der Waals surface area contributed by atoms with Gasteiger partial charge in [0.15, 0.2) is 0 Å². The number of methoxy groups -OCH3 is 1. The maximum Gasteiger partial charge on any atom is 0.341 e. The van der Waals surface area contributed by atoms with Crippen molar-refractivity contribution in [3.8, 4) is 0 Å². The smallest absolute Gasteiger partial charge is 0.341 e. The van der Waals surface area contributed by atoms with Crippen molar-refractivity contribution in [2.24, 2.45) is 0 Å². The third kappa shape index (κ3) is 6.77. The number of carbonyl (C=O) groups excluding carboxylic acids is 1. The van der Waals surface area contributed by atoms with E-state index in [1.807, 2.05) is 20.8 Å². The van der Waals surface area contributed by atoms with Crippen LogP contribution < -0.4 is 0 Å². The third-order valence-electron chi connectivity index (χ3n) is 1.51. The van der Waals surface area contributed by atoms with Gasteiger partial charge in [-0.25, -0.2) is 4.79 Å². The molecule has 88 valence electrons. The van der Waals surface area contributed by atoms with Crippen molar-refractivity contribution in [1.29, 1.82) is 0 Å². The molecule has 0 atom stereocenters. The van der Waals surface area contributed by atoms with Gasteiger partial charge in [0.2, 0.25) is 0 Å². The monoisotopic (exact) mass is 214 g/mol. The first-order chi connectivity index (χ1) is 7.17. The third-order valence-corrected chi connectivity index (χ3v) is 1.51. The van der Waals surface area contributed by atoms with Gasteiger partial charge in [-0.2, -0.15) is 0 Å². The molecule has 0 rings (SSSR count). The number of hydrogen-bond acceptors (Lipinski definition) is 3. The molecular weight excluding hydrogens is 192 g/mol. The van der Waals surface area contributed by atoms with Crippen molar-refractivity contribution in [2.75, 3.05) is 13.7 Å². The molecular formula is C12H22O3. The molecule has 0 aromatic rings. The lowest BCUT2D eigenvalue weighted by Crippen LogP contribution is -2.08. The summed E-state index contributed by atoms with van der Waals surface area (Å²) in [6.07, 6.45) is 3.45. The zero-order valence-electron chi connectivity index (χ0n) is 10.6. The van der Waals surface area contributed by atoms with Crippen LogP contribution in [0.1, 0.15) is 34.6 Å². The Bertz CT molecular complexity index is 227. The van der Waals surface area contributed by atoms with Crippen LogP contribution in [0.25, 0.3) is 0 Å². The summed E-state index contributed by atoms with van der Waals surface area (Å²) in [4.78, 5) is 11.3. The van der Waals surface area contributed by atoms with E-state index in [0.717, 1.165) is 0 Å². The van der Waals surface area contributed by atoms with Gasteiger partial charge in [0.05, 0.1) is 19.3 Å². The Morgan fingerprint density at radius 1 is 1.33 bits per heavy atom. The minimum absolute atomic E-state index is 0.347. The predicted octanol–water partition coefficient (Wildman–Crippen LogP) is 3.07. The predicted molar refractivity (Wildman–Crippen MR) is 62.5 cm³/mol. The van der Waals surface area contributed by atoms with Crippen molar-refractivity contribution in [1.82, 2.24) is 0 Å². The highest BCUT2D eigenvalue weighted by atomic mass is 16.5. The fourth-order valence-corrected chi connectivity index (χ4v) is 0.815. The van der Waals surface area contributed by atoms with Crippen LogP contribution in [0, 0.1) is 0 Å². The fraction of sp³-hybridized carbons (Fsp3) is 0.583. The quantitative estimate of drug-likeness (QED) is 0.312. The largest absolute Gasteiger partial charge is 0.501 e. The molecule has 0 amide bonds. The molecule has 0 aromatic heterocycles. The molecule has 0 radical (unpaired) electrons. The molecule has 0 unspecified atom stereocenters. The average Bonchev–Trinajstić information content (AvgIpc) is 2.28. The van der Waals surface area contributed by atoms with Crippen molar-refractivity contribution in [2.45, 2.75) is 34.6 Å². The van der Waals surface area contributed by atoms with Gasteiger partial charge in [-0.1, -0.05) is 19.9 Å². The normalized spacial score (nSPS) is 11.3. The number of carbonyl (C=O) groups is 1. The summed E-state index contributed by atoms with van der Waals surface area (Å²) in [6, 6.07) is 0. The maximum atomic E-state index is 11.3. The van der Waals surface area contributed by atoms with Crippen molar-refractivity contribution in [3.63, 3.8) is 0 Å². The Hall–Kier alpha value is -1.25. The molecule has 0 spiro atoms. The molecule has 0 aromatic carbocycles. The van der Waals surface area contributed by atoms with E-state index in [4.69, 9.17) is 9.47 Å². The highest BCUT2D eigenvalue weighted by Crippen LogP contribution is 2.08. The van der Waals surface area contributed by atoms with E-state index in [1.165, 1.54) is 7.11 Å². The molecule has 0 saturated heterocycles. The number of hydrogen-bond donors (Lipinski definition) is 0. The molecule has 0 aliphatic rings. The van der Waals surface area contributed by atoms with Crippen molar-refractivity contribution in [3.05, 3.63) is 23.5 Å². The lowest BCUT2D eigenvalue weighted by molar-refractivity contribution is -0.138. The molecule has 0 bridgehead atoms. The van der Waals surface area contributed by atoms with Crippen molar-refractivity contribution < 1.29 is 14.3 Å². The summed E-state index contributed by atoms with van der Waals surface area (Å²) in [5, 5.41) is 0. The molecule has 0 saturated carbocycles. The van der Waals surface area contributed by atoms with Crippen LogP contribution in [-0.4, -0.2) is 19.7 Å². The fourth-order valence-electron chi connectivity index (χ4n) is 0.815. The Morgan fingerprint density at radius 3 is 2.20 bits per heavy atom. The summed E-state index contributed by atoms with van der Waals surface area (Å²) < 4.78 is 9.81. The van der Waals surface area contributed by atoms with Gasteiger partial charge < -0.3 is 9.47 Å². The molecule has 0 aliphatic heterocycles. The van der Waals surface area contributed by atoms with Gasteiger partial charge in [0.25, 0.3) is 0 Å². The first kappa shape index (κ1) is 16.2. The Balaban J connectivity index is 0. The lowest BCUT2D eigenvalue weighted by atomic mass is 10.2. The molecule has 0 aliphatic carbocycles. The first-order valence-electron chi connectivity index (χ1n) is 5.22. The van der Waals surface area contributed by atoms with Crippen LogP contribution in [0.2, 0.25) is 0 Å². The number of ether oxygens (including phenoxy) is 2. The van der Waals surface area contributed by atoms with E-state index in [1.54, 1.807) is 26.0 Å². The van der Waals surface area contributed by atoms with Gasteiger partial charge in [-0.15, -0.1) is 0 Å². The summed E-state index contributed by atoms with van der Waals surface area (Å²) in [7, 11) is 1.53. The summed E-state index contributed by atoms with van der Waals surface area (Å²) >= 11 is 0. The van der Waals surface area contributed by atoms with Gasteiger partial charge in [0, 0.05) is 0 Å². The number of esters is 1. The van der Waals surface area contributed by atoms with Gasteiger partial charge in [-0.05, 0) is 26.8 Å². The van der Waals surface area contributed by atoms with E-state index in [9.17, 15) is 4.79 Å². The van der Waals surface area contributed by atoms with Crippen LogP contribution >= 0.6 is 0 Å². The second-order valence-electron chi connectivity index (χ2n) is 2.39.